The van der Waals surface area contributed by atoms with E-state index < -0.39 is 18.1 Å². The number of β-amino-alcohol motifs (C(OH)–C–C–N with tert-alkyl or cyclic N) is 1. The quantitative estimate of drug-likeness (QED) is 0.732. The maximum atomic E-state index is 11.0. The van der Waals surface area contributed by atoms with Gasteiger partial charge in [-0.15, -0.1) is 0 Å². The standard InChI is InChI=1S/C13H17NO4/c1-18-9-4-2-8(3-5-9)10-6-11(13(16)17)14-7-12(10)15/h2-5,10-12,14-15H,6-7H2,1H3,(H,16,17)/t10-,11+,12+/m1/s1. The molecule has 1 heterocycles. The Kier molecular flexibility index (Phi) is 3.84. The van der Waals surface area contributed by atoms with Crippen LogP contribution < -0.4 is 10.1 Å². The number of hydrogen-bond donors (Lipinski definition) is 3. The Morgan fingerprint density at radius 2 is 2.06 bits per heavy atom. The van der Waals surface area contributed by atoms with Gasteiger partial charge in [0.1, 0.15) is 11.8 Å². The second kappa shape index (κ2) is 5.37. The highest BCUT2D eigenvalue weighted by Gasteiger charge is 2.33. The first kappa shape index (κ1) is 12.9. The fourth-order valence-electron chi connectivity index (χ4n) is 2.30. The zero-order valence-corrected chi connectivity index (χ0v) is 10.2. The molecule has 98 valence electrons. The minimum absolute atomic E-state index is 0.154. The molecule has 0 radical (unpaired) electrons. The number of aliphatic carboxylic acids is 1. The smallest absolute Gasteiger partial charge is 0.320 e. The summed E-state index contributed by atoms with van der Waals surface area (Å²) in [5.74, 6) is -0.282. The minimum atomic E-state index is -0.875. The molecular weight excluding hydrogens is 234 g/mol. The Bertz CT molecular complexity index is 418. The van der Waals surface area contributed by atoms with Crippen LogP contribution in [0.2, 0.25) is 0 Å². The van der Waals surface area contributed by atoms with Crippen molar-refractivity contribution < 1.29 is 19.7 Å². The highest BCUT2D eigenvalue weighted by Crippen LogP contribution is 2.29. The van der Waals surface area contributed by atoms with Gasteiger partial charge in [-0.1, -0.05) is 12.1 Å². The van der Waals surface area contributed by atoms with Crippen molar-refractivity contribution in [2.75, 3.05) is 13.7 Å². The number of nitrogens with one attached hydrogen (secondary N) is 1. The molecule has 1 fully saturated rings. The van der Waals surface area contributed by atoms with Gasteiger partial charge in [0.25, 0.3) is 0 Å². The number of methoxy groups -OCH3 is 1. The van der Waals surface area contributed by atoms with Gasteiger partial charge in [-0.2, -0.15) is 0 Å². The maximum Gasteiger partial charge on any atom is 0.320 e. The molecule has 0 saturated carbocycles. The summed E-state index contributed by atoms with van der Waals surface area (Å²) < 4.78 is 5.07. The Balaban J connectivity index is 2.15. The lowest BCUT2D eigenvalue weighted by Gasteiger charge is -2.32. The van der Waals surface area contributed by atoms with E-state index in [1.165, 1.54) is 0 Å². The van der Waals surface area contributed by atoms with Crippen LogP contribution in [0.25, 0.3) is 0 Å². The van der Waals surface area contributed by atoms with E-state index in [0.717, 1.165) is 11.3 Å². The fourth-order valence-corrected chi connectivity index (χ4v) is 2.30. The van der Waals surface area contributed by atoms with Crippen LogP contribution in [-0.4, -0.2) is 42.0 Å². The normalized spacial score (nSPS) is 27.8. The van der Waals surface area contributed by atoms with Gasteiger partial charge < -0.3 is 20.3 Å². The van der Waals surface area contributed by atoms with E-state index in [2.05, 4.69) is 5.32 Å². The third-order valence-electron chi connectivity index (χ3n) is 3.37. The number of carbonyl (C=O) groups is 1. The van der Waals surface area contributed by atoms with Crippen molar-refractivity contribution in [3.05, 3.63) is 29.8 Å². The van der Waals surface area contributed by atoms with E-state index in [9.17, 15) is 9.90 Å². The predicted octanol–water partition coefficient (Wildman–Crippen LogP) is 0.586. The van der Waals surface area contributed by atoms with Crippen LogP contribution in [0.15, 0.2) is 24.3 Å². The van der Waals surface area contributed by atoms with Crippen LogP contribution in [0, 0.1) is 0 Å². The summed E-state index contributed by atoms with van der Waals surface area (Å²) >= 11 is 0. The highest BCUT2D eigenvalue weighted by atomic mass is 16.5. The van der Waals surface area contributed by atoms with Crippen LogP contribution >= 0.6 is 0 Å². The van der Waals surface area contributed by atoms with Crippen LogP contribution in [0.1, 0.15) is 17.9 Å². The molecule has 3 atom stereocenters. The first-order valence-electron chi connectivity index (χ1n) is 5.90. The summed E-state index contributed by atoms with van der Waals surface area (Å²) in [5, 5.41) is 21.8. The molecule has 0 unspecified atom stereocenters. The van der Waals surface area contributed by atoms with Crippen LogP contribution in [0.4, 0.5) is 0 Å². The predicted molar refractivity (Wildman–Crippen MR) is 65.8 cm³/mol. The lowest BCUT2D eigenvalue weighted by molar-refractivity contribution is -0.140. The van der Waals surface area contributed by atoms with E-state index in [4.69, 9.17) is 9.84 Å². The van der Waals surface area contributed by atoms with E-state index in [1.807, 2.05) is 24.3 Å². The maximum absolute atomic E-state index is 11.0. The average Bonchev–Trinajstić information content (AvgIpc) is 2.39. The molecule has 0 amide bonds. The summed E-state index contributed by atoms with van der Waals surface area (Å²) in [6.45, 7) is 0.299. The molecule has 0 aromatic heterocycles. The Morgan fingerprint density at radius 3 is 2.61 bits per heavy atom. The molecule has 0 spiro atoms. The van der Waals surface area contributed by atoms with Gasteiger partial charge in [0, 0.05) is 12.5 Å². The third-order valence-corrected chi connectivity index (χ3v) is 3.37. The summed E-state index contributed by atoms with van der Waals surface area (Å²) in [4.78, 5) is 11.0. The van der Waals surface area contributed by atoms with Crippen molar-refractivity contribution in [2.24, 2.45) is 0 Å². The molecule has 1 aliphatic rings. The number of carboxylic acids is 1. The molecule has 1 saturated heterocycles. The largest absolute Gasteiger partial charge is 0.497 e. The summed E-state index contributed by atoms with van der Waals surface area (Å²) in [5.41, 5.74) is 0.941. The van der Waals surface area contributed by atoms with Crippen molar-refractivity contribution in [1.82, 2.24) is 5.32 Å². The highest BCUT2D eigenvalue weighted by molar-refractivity contribution is 5.73. The molecule has 5 heteroatoms. The number of piperidine rings is 1. The minimum Gasteiger partial charge on any atom is -0.497 e. The van der Waals surface area contributed by atoms with Crippen molar-refractivity contribution in [2.45, 2.75) is 24.5 Å². The molecule has 1 aliphatic heterocycles. The van der Waals surface area contributed by atoms with Gasteiger partial charge in [-0.05, 0) is 24.1 Å². The number of aliphatic hydroxyl groups is 1. The lowest BCUT2D eigenvalue weighted by atomic mass is 9.84. The van der Waals surface area contributed by atoms with Crippen LogP contribution in [0.3, 0.4) is 0 Å². The lowest BCUT2D eigenvalue weighted by Crippen LogP contribution is -2.49. The fraction of sp³-hybridized carbons (Fsp3) is 0.462. The first-order chi connectivity index (χ1) is 8.61. The Labute approximate surface area is 105 Å². The zero-order chi connectivity index (χ0) is 13.1. The van der Waals surface area contributed by atoms with Crippen LogP contribution in [-0.2, 0) is 4.79 Å². The molecule has 0 bridgehead atoms. The molecule has 2 rings (SSSR count). The number of rotatable bonds is 3. The molecule has 5 nitrogen and oxygen atoms in total. The van der Waals surface area contributed by atoms with Gasteiger partial charge in [-0.25, -0.2) is 0 Å². The van der Waals surface area contributed by atoms with Crippen LogP contribution in [0.5, 0.6) is 5.75 Å². The van der Waals surface area contributed by atoms with Gasteiger partial charge in [0.2, 0.25) is 0 Å². The van der Waals surface area contributed by atoms with Crippen molar-refractivity contribution >= 4 is 5.97 Å². The molecule has 3 N–H and O–H groups in total. The Hall–Kier alpha value is -1.59. The topological polar surface area (TPSA) is 78.8 Å². The van der Waals surface area contributed by atoms with Crippen molar-refractivity contribution in [3.8, 4) is 5.75 Å². The van der Waals surface area contributed by atoms with E-state index in [1.54, 1.807) is 7.11 Å². The van der Waals surface area contributed by atoms with E-state index in [-0.39, 0.29) is 5.92 Å². The second-order valence-electron chi connectivity index (χ2n) is 4.48. The average molecular weight is 251 g/mol. The van der Waals surface area contributed by atoms with Gasteiger partial charge in [0.15, 0.2) is 0 Å². The van der Waals surface area contributed by atoms with Gasteiger partial charge >= 0.3 is 5.97 Å². The number of carboxylic acid groups (broad SMARTS) is 1. The summed E-state index contributed by atoms with van der Waals surface area (Å²) in [7, 11) is 1.59. The Morgan fingerprint density at radius 1 is 1.39 bits per heavy atom. The number of aliphatic hydroxyl groups excluding tert-OH is 1. The summed E-state index contributed by atoms with van der Waals surface area (Å²) in [6.07, 6.45) is -0.169. The number of benzene rings is 1. The third kappa shape index (κ3) is 2.63. The SMILES string of the molecule is COc1ccc([C@H]2C[C@@H](C(=O)O)NC[C@@H]2O)cc1. The first-order valence-corrected chi connectivity index (χ1v) is 5.90. The number of ether oxygens (including phenoxy) is 1. The van der Waals surface area contributed by atoms with E-state index >= 15 is 0 Å². The zero-order valence-electron chi connectivity index (χ0n) is 10.2. The summed E-state index contributed by atoms with van der Waals surface area (Å²) in [6, 6.07) is 6.79. The molecule has 1 aromatic rings. The van der Waals surface area contributed by atoms with Gasteiger partial charge in [0.05, 0.1) is 13.2 Å². The molecule has 18 heavy (non-hydrogen) atoms. The van der Waals surface area contributed by atoms with Gasteiger partial charge in [-0.3, -0.25) is 4.79 Å². The number of hydrogen-bond acceptors (Lipinski definition) is 4. The monoisotopic (exact) mass is 251 g/mol. The molecule has 0 aliphatic carbocycles. The van der Waals surface area contributed by atoms with Crippen molar-refractivity contribution in [3.63, 3.8) is 0 Å². The van der Waals surface area contributed by atoms with E-state index in [0.29, 0.717) is 13.0 Å². The molecular formula is C13H17NO4. The molecule has 1 aromatic carbocycles. The second-order valence-corrected chi connectivity index (χ2v) is 4.48. The van der Waals surface area contributed by atoms with Crippen molar-refractivity contribution in [1.29, 1.82) is 0 Å².